The number of rotatable bonds is 5. The molecule has 3 aliphatic rings. The van der Waals surface area contributed by atoms with Gasteiger partial charge in [-0.15, -0.1) is 0 Å². The van der Waals surface area contributed by atoms with Crippen LogP contribution in [-0.4, -0.2) is 0 Å². The van der Waals surface area contributed by atoms with Crippen LogP contribution in [0.2, 0.25) is 0 Å². The molecule has 0 amide bonds. The van der Waals surface area contributed by atoms with E-state index in [9.17, 15) is 0 Å². The van der Waals surface area contributed by atoms with Gasteiger partial charge in [-0.2, -0.15) is 0 Å². The van der Waals surface area contributed by atoms with Gasteiger partial charge in [-0.05, 0) is 115 Å². The minimum Gasteiger partial charge on any atom is -0.310 e. The summed E-state index contributed by atoms with van der Waals surface area (Å²) in [4.78, 5) is 2.54. The monoisotopic (exact) mass is 703 g/mol. The molecular weight excluding hydrogens is 663 g/mol. The minimum atomic E-state index is -0.175. The molecule has 11 rings (SSSR count). The number of aryl methyl sites for hydroxylation is 1. The van der Waals surface area contributed by atoms with Crippen LogP contribution >= 0.6 is 0 Å². The molecular formula is C54H41N. The molecule has 1 unspecified atom stereocenters. The highest BCUT2D eigenvalue weighted by molar-refractivity contribution is 5.96. The minimum absolute atomic E-state index is 0.121. The molecule has 8 aromatic carbocycles. The molecule has 0 N–H and O–H groups in total. The summed E-state index contributed by atoms with van der Waals surface area (Å²) < 4.78 is 0. The molecule has 0 bridgehead atoms. The Labute approximate surface area is 324 Å². The third kappa shape index (κ3) is 4.60. The lowest BCUT2D eigenvalue weighted by Gasteiger charge is -2.32. The second-order valence-corrected chi connectivity index (χ2v) is 16.0. The Kier molecular flexibility index (Phi) is 7.01. The first kappa shape index (κ1) is 32.0. The van der Waals surface area contributed by atoms with E-state index < -0.39 is 0 Å². The maximum atomic E-state index is 2.54. The first-order valence-electron chi connectivity index (χ1n) is 19.7. The first-order chi connectivity index (χ1) is 27.0. The van der Waals surface area contributed by atoms with E-state index >= 15 is 0 Å². The van der Waals surface area contributed by atoms with E-state index in [0.717, 1.165) is 18.5 Å². The van der Waals surface area contributed by atoms with E-state index in [-0.39, 0.29) is 10.8 Å². The van der Waals surface area contributed by atoms with Crippen molar-refractivity contribution in [1.82, 2.24) is 0 Å². The van der Waals surface area contributed by atoms with Crippen molar-refractivity contribution in [2.24, 2.45) is 0 Å². The highest BCUT2D eigenvalue weighted by Crippen LogP contribution is 2.60. The average Bonchev–Trinajstić information content (AvgIpc) is 3.85. The summed E-state index contributed by atoms with van der Waals surface area (Å²) in [5, 5.41) is 0. The van der Waals surface area contributed by atoms with Crippen molar-refractivity contribution in [3.63, 3.8) is 0 Å². The van der Waals surface area contributed by atoms with E-state index in [1.807, 2.05) is 0 Å². The lowest BCUT2D eigenvalue weighted by atomic mass is 9.73. The van der Waals surface area contributed by atoms with Crippen LogP contribution in [0.15, 0.2) is 188 Å². The van der Waals surface area contributed by atoms with Gasteiger partial charge in [0.25, 0.3) is 0 Å². The third-order valence-corrected chi connectivity index (χ3v) is 12.9. The van der Waals surface area contributed by atoms with Crippen molar-refractivity contribution in [3.05, 3.63) is 221 Å². The molecule has 3 aliphatic carbocycles. The highest BCUT2D eigenvalue weighted by Gasteiger charge is 2.48. The van der Waals surface area contributed by atoms with Crippen molar-refractivity contribution in [1.29, 1.82) is 0 Å². The fourth-order valence-electron chi connectivity index (χ4n) is 10.4. The Morgan fingerprint density at radius 2 is 0.891 bits per heavy atom. The summed E-state index contributed by atoms with van der Waals surface area (Å²) in [7, 11) is 0. The first-order valence-corrected chi connectivity index (χ1v) is 19.7. The Hall–Kier alpha value is -6.44. The molecule has 1 spiro atoms. The van der Waals surface area contributed by atoms with Crippen molar-refractivity contribution < 1.29 is 0 Å². The third-order valence-electron chi connectivity index (χ3n) is 12.9. The predicted molar refractivity (Wildman–Crippen MR) is 230 cm³/mol. The van der Waals surface area contributed by atoms with Crippen LogP contribution in [0.1, 0.15) is 53.6 Å². The van der Waals surface area contributed by atoms with Gasteiger partial charge in [0.1, 0.15) is 0 Å². The summed E-state index contributed by atoms with van der Waals surface area (Å²) in [5.74, 6) is 0. The molecule has 1 atom stereocenters. The second-order valence-electron chi connectivity index (χ2n) is 16.0. The van der Waals surface area contributed by atoms with Crippen LogP contribution in [-0.2, 0) is 17.3 Å². The Bertz CT molecular complexity index is 2810. The second kappa shape index (κ2) is 12.0. The van der Waals surface area contributed by atoms with Crippen LogP contribution in [0.5, 0.6) is 0 Å². The van der Waals surface area contributed by atoms with Gasteiger partial charge < -0.3 is 4.90 Å². The molecule has 0 aliphatic heterocycles. The lowest BCUT2D eigenvalue weighted by molar-refractivity contribution is 0.626. The zero-order valence-corrected chi connectivity index (χ0v) is 31.3. The van der Waals surface area contributed by atoms with Gasteiger partial charge in [-0.1, -0.05) is 172 Å². The van der Waals surface area contributed by atoms with Gasteiger partial charge in [0.15, 0.2) is 0 Å². The van der Waals surface area contributed by atoms with Gasteiger partial charge >= 0.3 is 0 Å². The Morgan fingerprint density at radius 3 is 1.64 bits per heavy atom. The fraction of sp³-hybridized carbons (Fsp3) is 0.111. The standard InChI is InChI=1S/C54H41N/c1-53(2)48-25-13-9-21-42(48)44-30-28-38(34-50(44)53)55(52-27-15-11-23-46(52)41-20-8-7-19-40(41)36-16-4-3-5-17-36)39-29-31-45-43-22-10-14-26-49(43)54(51(45)35-39)33-32-37-18-6-12-24-47(37)54/h3-31,34-35H,32-33H2,1-2H3. The largest absolute Gasteiger partial charge is 0.310 e. The van der Waals surface area contributed by atoms with Gasteiger partial charge in [0, 0.05) is 27.8 Å². The number of hydrogen-bond donors (Lipinski definition) is 0. The molecule has 0 aromatic heterocycles. The molecule has 55 heavy (non-hydrogen) atoms. The molecule has 0 fully saturated rings. The molecule has 1 nitrogen and oxygen atoms in total. The predicted octanol–water partition coefficient (Wildman–Crippen LogP) is 14.1. The van der Waals surface area contributed by atoms with Gasteiger partial charge in [-0.3, -0.25) is 0 Å². The zero-order chi connectivity index (χ0) is 36.7. The number of hydrogen-bond acceptors (Lipinski definition) is 1. The van der Waals surface area contributed by atoms with Crippen molar-refractivity contribution >= 4 is 17.1 Å². The molecule has 0 saturated carbocycles. The van der Waals surface area contributed by atoms with Crippen LogP contribution in [0.25, 0.3) is 44.5 Å². The zero-order valence-electron chi connectivity index (χ0n) is 31.3. The smallest absolute Gasteiger partial charge is 0.0540 e. The van der Waals surface area contributed by atoms with Crippen LogP contribution < -0.4 is 4.90 Å². The number of fused-ring (bicyclic) bond motifs is 10. The SMILES string of the molecule is CC1(C)c2ccccc2-c2ccc(N(c3ccc4c(c3)C3(CCc5ccccc53)c3ccccc3-4)c3ccccc3-c3ccccc3-c3ccccc3)cc21. The van der Waals surface area contributed by atoms with Crippen molar-refractivity contribution in [2.75, 3.05) is 4.90 Å². The van der Waals surface area contributed by atoms with Crippen molar-refractivity contribution in [2.45, 2.75) is 37.5 Å². The number of para-hydroxylation sites is 1. The number of benzene rings is 8. The van der Waals surface area contributed by atoms with Crippen LogP contribution in [0.4, 0.5) is 17.1 Å². The molecule has 1 heteroatoms. The summed E-state index contributed by atoms with van der Waals surface area (Å²) in [6.45, 7) is 4.76. The van der Waals surface area contributed by atoms with E-state index in [0.29, 0.717) is 0 Å². The van der Waals surface area contributed by atoms with Crippen LogP contribution in [0.3, 0.4) is 0 Å². The summed E-state index contributed by atoms with van der Waals surface area (Å²) in [6, 6.07) is 70.4. The van der Waals surface area contributed by atoms with Gasteiger partial charge in [-0.25, -0.2) is 0 Å². The Morgan fingerprint density at radius 1 is 0.382 bits per heavy atom. The van der Waals surface area contributed by atoms with Gasteiger partial charge in [0.05, 0.1) is 5.69 Å². The van der Waals surface area contributed by atoms with Crippen molar-refractivity contribution in [3.8, 4) is 44.5 Å². The number of nitrogens with zero attached hydrogens (tertiary/aromatic N) is 1. The normalized spacial score (nSPS) is 16.6. The highest BCUT2D eigenvalue weighted by atomic mass is 15.1. The van der Waals surface area contributed by atoms with Crippen LogP contribution in [0, 0.1) is 0 Å². The van der Waals surface area contributed by atoms with Gasteiger partial charge in [0.2, 0.25) is 0 Å². The molecule has 0 radical (unpaired) electrons. The molecule has 0 heterocycles. The quantitative estimate of drug-likeness (QED) is 0.172. The summed E-state index contributed by atoms with van der Waals surface area (Å²) in [5.41, 5.74) is 22.0. The topological polar surface area (TPSA) is 3.24 Å². The summed E-state index contributed by atoms with van der Waals surface area (Å²) in [6.07, 6.45) is 2.16. The molecule has 0 saturated heterocycles. The van der Waals surface area contributed by atoms with E-state index in [1.165, 1.54) is 89.3 Å². The number of anilines is 3. The maximum absolute atomic E-state index is 2.54. The molecule has 262 valence electrons. The maximum Gasteiger partial charge on any atom is 0.0540 e. The Balaban J connectivity index is 1.17. The lowest BCUT2D eigenvalue weighted by Crippen LogP contribution is -2.24. The summed E-state index contributed by atoms with van der Waals surface area (Å²) >= 11 is 0. The molecule has 8 aromatic rings. The van der Waals surface area contributed by atoms with E-state index in [1.54, 1.807) is 0 Å². The average molecular weight is 704 g/mol. The van der Waals surface area contributed by atoms with E-state index in [2.05, 4.69) is 207 Å². The fourth-order valence-corrected chi connectivity index (χ4v) is 10.4. The van der Waals surface area contributed by atoms with E-state index in [4.69, 9.17) is 0 Å².